The molecule has 0 aliphatic carbocycles. The molecule has 0 aliphatic rings. The lowest BCUT2D eigenvalue weighted by atomic mass is 9.92. The number of amides is 4. The molecular formula is C39H41Cl2N7O6. The number of aromatic hydroxyl groups is 1. The van der Waals surface area contributed by atoms with Gasteiger partial charge in [-0.2, -0.15) is 5.10 Å². The van der Waals surface area contributed by atoms with E-state index in [9.17, 15) is 24.3 Å². The van der Waals surface area contributed by atoms with Crippen molar-refractivity contribution in [3.63, 3.8) is 0 Å². The molecule has 0 saturated carbocycles. The number of likely N-dealkylation sites (N-methyl/N-ethyl adjacent to an activating group) is 1. The molecule has 5 rings (SSSR count). The Labute approximate surface area is 322 Å². The van der Waals surface area contributed by atoms with E-state index in [-0.39, 0.29) is 58.0 Å². The number of nitrogens with zero attached hydrogens (tertiary/aromatic N) is 3. The Morgan fingerprint density at radius 2 is 1.69 bits per heavy atom. The summed E-state index contributed by atoms with van der Waals surface area (Å²) in [5.41, 5.74) is 9.29. The van der Waals surface area contributed by atoms with E-state index in [1.54, 1.807) is 48.9 Å². The van der Waals surface area contributed by atoms with E-state index < -0.39 is 17.5 Å². The summed E-state index contributed by atoms with van der Waals surface area (Å²) in [6.07, 6.45) is -0.189. The van der Waals surface area contributed by atoms with E-state index in [1.807, 2.05) is 45.0 Å². The third kappa shape index (κ3) is 8.53. The number of carbonyl (C=O) groups is 3. The average molecular weight is 775 g/mol. The van der Waals surface area contributed by atoms with Crippen LogP contribution in [0.25, 0.3) is 11.4 Å². The lowest BCUT2D eigenvalue weighted by molar-refractivity contribution is -0.119. The predicted octanol–water partition coefficient (Wildman–Crippen LogP) is 6.24. The standard InChI is InChI=1S/C39H41Cl2N7O6/c1-21-11-13-26(36(42)51)27(17-33(50)43-6)35(21)47-22(2)15-30(34(41)37(47)52)54-20-24-10-8-7-9-23(24)19-44-38(53)45-32-18-31(39(3,4)5)46-48(32)25-12-14-29(49)28(40)16-25/h7-16,18,49H,17,19-20H2,1-6H3,(H2,42,51)(H,43,50)(H2,44,45,53). The third-order valence-electron chi connectivity index (χ3n) is 8.73. The lowest BCUT2D eigenvalue weighted by Crippen LogP contribution is -2.29. The second-order valence-electron chi connectivity index (χ2n) is 13.7. The van der Waals surface area contributed by atoms with Crippen LogP contribution >= 0.6 is 23.2 Å². The Kier molecular flexibility index (Phi) is 11.7. The highest BCUT2D eigenvalue weighted by atomic mass is 35.5. The van der Waals surface area contributed by atoms with E-state index >= 15 is 0 Å². The summed E-state index contributed by atoms with van der Waals surface area (Å²) >= 11 is 12.8. The van der Waals surface area contributed by atoms with Crippen molar-refractivity contribution in [1.29, 1.82) is 0 Å². The number of primary amides is 1. The fraction of sp³-hybridized carbons (Fsp3) is 0.256. The van der Waals surface area contributed by atoms with Gasteiger partial charge in [0.1, 0.15) is 28.9 Å². The first kappa shape index (κ1) is 39.4. The summed E-state index contributed by atoms with van der Waals surface area (Å²) in [6, 6.07) is 18.0. The molecule has 0 atom stereocenters. The van der Waals surface area contributed by atoms with Gasteiger partial charge in [-0.05, 0) is 60.4 Å². The fourth-order valence-electron chi connectivity index (χ4n) is 5.81. The average Bonchev–Trinajstić information content (AvgIpc) is 3.55. The summed E-state index contributed by atoms with van der Waals surface area (Å²) in [6.45, 7) is 9.60. The van der Waals surface area contributed by atoms with Crippen molar-refractivity contribution < 1.29 is 24.2 Å². The summed E-state index contributed by atoms with van der Waals surface area (Å²) in [5, 5.41) is 22.8. The van der Waals surface area contributed by atoms with Gasteiger partial charge in [-0.1, -0.05) is 74.3 Å². The van der Waals surface area contributed by atoms with Crippen molar-refractivity contribution in [1.82, 2.24) is 25.0 Å². The number of rotatable bonds is 11. The maximum Gasteiger partial charge on any atom is 0.320 e. The van der Waals surface area contributed by atoms with Crippen LogP contribution in [0.5, 0.6) is 11.5 Å². The van der Waals surface area contributed by atoms with Crippen molar-refractivity contribution in [3.8, 4) is 22.9 Å². The van der Waals surface area contributed by atoms with E-state index in [4.69, 9.17) is 33.7 Å². The maximum atomic E-state index is 13.8. The third-order valence-corrected chi connectivity index (χ3v) is 9.38. The molecule has 4 amide bonds. The summed E-state index contributed by atoms with van der Waals surface area (Å²) < 4.78 is 8.98. The molecule has 54 heavy (non-hydrogen) atoms. The van der Waals surface area contributed by atoms with E-state index in [0.717, 1.165) is 16.8 Å². The van der Waals surface area contributed by atoms with E-state index in [0.29, 0.717) is 34.0 Å². The zero-order chi connectivity index (χ0) is 39.5. The van der Waals surface area contributed by atoms with E-state index in [1.165, 1.54) is 23.7 Å². The number of ether oxygens (including phenoxy) is 1. The summed E-state index contributed by atoms with van der Waals surface area (Å²) in [5.74, 6) is -0.654. The first-order valence-electron chi connectivity index (χ1n) is 16.9. The molecule has 6 N–H and O–H groups in total. The lowest BCUT2D eigenvalue weighted by Gasteiger charge is -2.21. The molecule has 3 aromatic carbocycles. The van der Waals surface area contributed by atoms with Gasteiger partial charge in [-0.25, -0.2) is 9.48 Å². The van der Waals surface area contributed by atoms with Gasteiger partial charge < -0.3 is 26.2 Å². The highest BCUT2D eigenvalue weighted by Gasteiger charge is 2.24. The monoisotopic (exact) mass is 773 g/mol. The van der Waals surface area contributed by atoms with Crippen LogP contribution in [-0.4, -0.2) is 44.3 Å². The minimum absolute atomic E-state index is 0.0174. The predicted molar refractivity (Wildman–Crippen MR) is 208 cm³/mol. The van der Waals surface area contributed by atoms with Gasteiger partial charge in [0.25, 0.3) is 5.56 Å². The molecule has 0 unspecified atom stereocenters. The molecule has 13 nitrogen and oxygen atoms in total. The Bertz CT molecular complexity index is 2330. The number of nitrogens with one attached hydrogen (secondary N) is 3. The highest BCUT2D eigenvalue weighted by molar-refractivity contribution is 6.32. The molecular weight excluding hydrogens is 733 g/mol. The number of phenols is 1. The van der Waals surface area contributed by atoms with Gasteiger partial charge in [0.2, 0.25) is 11.8 Å². The van der Waals surface area contributed by atoms with Crippen LogP contribution in [-0.2, 0) is 29.8 Å². The number of pyridine rings is 1. The maximum absolute atomic E-state index is 13.8. The number of aromatic nitrogens is 3. The largest absolute Gasteiger partial charge is 0.506 e. The van der Waals surface area contributed by atoms with Gasteiger partial charge in [0.05, 0.1) is 28.5 Å². The molecule has 2 heterocycles. The summed E-state index contributed by atoms with van der Waals surface area (Å²) in [7, 11) is 1.47. The van der Waals surface area contributed by atoms with Crippen LogP contribution in [0.1, 0.15) is 64.8 Å². The van der Waals surface area contributed by atoms with Gasteiger partial charge in [0.15, 0.2) is 0 Å². The van der Waals surface area contributed by atoms with Crippen LogP contribution in [0.15, 0.2) is 71.5 Å². The van der Waals surface area contributed by atoms with Crippen molar-refractivity contribution in [2.75, 3.05) is 12.4 Å². The molecule has 2 aromatic heterocycles. The van der Waals surface area contributed by atoms with Crippen LogP contribution < -0.4 is 32.0 Å². The number of anilines is 1. The molecule has 0 saturated heterocycles. The topological polar surface area (TPSA) is 183 Å². The van der Waals surface area contributed by atoms with Crippen LogP contribution in [0.3, 0.4) is 0 Å². The number of hydrogen-bond donors (Lipinski definition) is 5. The molecule has 15 heteroatoms. The number of carbonyl (C=O) groups excluding carboxylic acids is 3. The molecule has 0 aliphatic heterocycles. The SMILES string of the molecule is CNC(=O)Cc1c(C(N)=O)ccc(C)c1-n1c(C)cc(OCc2ccccc2CNC(=O)Nc2cc(C(C)(C)C)nn2-c2ccc(O)c(Cl)c2)c(Cl)c1=O. The van der Waals surface area contributed by atoms with Crippen molar-refractivity contribution in [2.24, 2.45) is 5.73 Å². The zero-order valence-corrected chi connectivity index (χ0v) is 32.1. The molecule has 0 radical (unpaired) electrons. The number of halogens is 2. The van der Waals surface area contributed by atoms with Crippen molar-refractivity contribution in [2.45, 2.75) is 59.6 Å². The molecule has 0 spiro atoms. The molecule has 5 aromatic rings. The van der Waals surface area contributed by atoms with Crippen molar-refractivity contribution in [3.05, 3.63) is 126 Å². The molecule has 0 bridgehead atoms. The zero-order valence-electron chi connectivity index (χ0n) is 30.6. The quantitative estimate of drug-likeness (QED) is 0.105. The van der Waals surface area contributed by atoms with Crippen LogP contribution in [0.2, 0.25) is 10.0 Å². The van der Waals surface area contributed by atoms with Gasteiger partial charge in [-0.15, -0.1) is 0 Å². The second-order valence-corrected chi connectivity index (χ2v) is 14.4. The number of benzene rings is 3. The second kappa shape index (κ2) is 16.1. The smallest absolute Gasteiger partial charge is 0.320 e. The molecule has 0 fully saturated rings. The van der Waals surface area contributed by atoms with Crippen LogP contribution in [0.4, 0.5) is 10.6 Å². The fourth-order valence-corrected chi connectivity index (χ4v) is 6.18. The van der Waals surface area contributed by atoms with Gasteiger partial charge in [-0.3, -0.25) is 24.3 Å². The minimum atomic E-state index is -0.738. The Balaban J connectivity index is 1.36. The Morgan fingerprint density at radius 3 is 2.33 bits per heavy atom. The number of phenolic OH excluding ortho intramolecular Hbond substituents is 1. The van der Waals surface area contributed by atoms with E-state index in [2.05, 4.69) is 21.0 Å². The minimum Gasteiger partial charge on any atom is -0.506 e. The Hall–Kier alpha value is -5.79. The number of urea groups is 1. The normalized spacial score (nSPS) is 11.3. The number of hydrogen-bond acceptors (Lipinski definition) is 7. The number of aryl methyl sites for hydroxylation is 2. The molecule has 282 valence electrons. The number of nitrogens with two attached hydrogens (primary N) is 1. The highest BCUT2D eigenvalue weighted by Crippen LogP contribution is 2.31. The van der Waals surface area contributed by atoms with Gasteiger partial charge in [0, 0.05) is 42.4 Å². The first-order valence-corrected chi connectivity index (χ1v) is 17.6. The first-order chi connectivity index (χ1) is 25.5. The van der Waals surface area contributed by atoms with Gasteiger partial charge >= 0.3 is 6.03 Å². The summed E-state index contributed by atoms with van der Waals surface area (Å²) in [4.78, 5) is 51.8. The van der Waals surface area contributed by atoms with Crippen LogP contribution in [0, 0.1) is 13.8 Å². The Morgan fingerprint density at radius 1 is 0.981 bits per heavy atom. The van der Waals surface area contributed by atoms with Crippen molar-refractivity contribution >= 4 is 46.9 Å².